The summed E-state index contributed by atoms with van der Waals surface area (Å²) in [6.07, 6.45) is 3.03. The molecule has 0 spiro atoms. The van der Waals surface area contributed by atoms with Crippen molar-refractivity contribution in [3.05, 3.63) is 35.1 Å². The average molecular weight is 197 g/mol. The summed E-state index contributed by atoms with van der Waals surface area (Å²) in [6.45, 7) is 0. The first kappa shape index (κ1) is 8.07. The zero-order chi connectivity index (χ0) is 9.42. The maximum Gasteiger partial charge on any atom is 0.335 e. The first-order valence-electron chi connectivity index (χ1n) is 3.54. The second-order valence-electron chi connectivity index (χ2n) is 2.54. The van der Waals surface area contributed by atoms with Crippen LogP contribution in [0.25, 0.3) is 5.52 Å². The Hall–Kier alpha value is -1.55. The van der Waals surface area contributed by atoms with E-state index in [1.807, 2.05) is 0 Å². The number of hydrogen-bond acceptors (Lipinski definition) is 2. The summed E-state index contributed by atoms with van der Waals surface area (Å²) in [7, 11) is 0. The summed E-state index contributed by atoms with van der Waals surface area (Å²) < 4.78 is 1.52. The monoisotopic (exact) mass is 196 g/mol. The minimum Gasteiger partial charge on any atom is -0.478 e. The van der Waals surface area contributed by atoms with Gasteiger partial charge in [-0.05, 0) is 12.1 Å². The Bertz CT molecular complexity index is 478. The summed E-state index contributed by atoms with van der Waals surface area (Å²) in [6, 6.07) is 2.95. The predicted octanol–water partition coefficient (Wildman–Crippen LogP) is 1.69. The number of carboxylic acids is 1. The summed E-state index contributed by atoms with van der Waals surface area (Å²) in [5.41, 5.74) is 0.802. The van der Waals surface area contributed by atoms with Crippen molar-refractivity contribution in [2.24, 2.45) is 0 Å². The van der Waals surface area contributed by atoms with Crippen molar-refractivity contribution in [2.75, 3.05) is 0 Å². The van der Waals surface area contributed by atoms with Crippen LogP contribution in [0.4, 0.5) is 0 Å². The molecule has 0 saturated heterocycles. The molecule has 0 aromatic carbocycles. The standard InChI is InChI=1S/C8H5ClN2O2/c9-6-4-10-11-2-1-5(8(12)13)3-7(6)11/h1-4H,(H,12,13). The number of carboxylic acid groups (broad SMARTS) is 1. The van der Waals surface area contributed by atoms with Crippen LogP contribution in [0.1, 0.15) is 10.4 Å². The molecule has 66 valence electrons. The Balaban J connectivity index is 2.72. The van der Waals surface area contributed by atoms with E-state index >= 15 is 0 Å². The van der Waals surface area contributed by atoms with E-state index in [-0.39, 0.29) is 5.56 Å². The molecule has 5 heteroatoms. The lowest BCUT2D eigenvalue weighted by Gasteiger charge is -1.95. The van der Waals surface area contributed by atoms with Crippen LogP contribution in [0.15, 0.2) is 24.5 Å². The molecule has 0 saturated carbocycles. The summed E-state index contributed by atoms with van der Waals surface area (Å²) in [5.74, 6) is -0.972. The molecule has 2 aromatic rings. The number of nitrogens with zero attached hydrogens (tertiary/aromatic N) is 2. The van der Waals surface area contributed by atoms with Gasteiger partial charge in [0, 0.05) is 6.20 Å². The molecule has 2 heterocycles. The minimum atomic E-state index is -0.972. The van der Waals surface area contributed by atoms with Gasteiger partial charge < -0.3 is 5.11 Å². The molecule has 0 fully saturated rings. The van der Waals surface area contributed by atoms with Gasteiger partial charge in [0.15, 0.2) is 0 Å². The molecule has 2 rings (SSSR count). The van der Waals surface area contributed by atoms with Crippen LogP contribution in [0.2, 0.25) is 5.02 Å². The lowest BCUT2D eigenvalue weighted by atomic mass is 10.2. The smallest absolute Gasteiger partial charge is 0.335 e. The van der Waals surface area contributed by atoms with Gasteiger partial charge in [-0.25, -0.2) is 9.31 Å². The molecule has 2 aromatic heterocycles. The third kappa shape index (κ3) is 1.25. The third-order valence-electron chi connectivity index (χ3n) is 1.72. The first-order valence-corrected chi connectivity index (χ1v) is 3.92. The normalized spacial score (nSPS) is 10.5. The van der Waals surface area contributed by atoms with Crippen molar-refractivity contribution in [2.45, 2.75) is 0 Å². The molecular weight excluding hydrogens is 192 g/mol. The number of aromatic nitrogens is 2. The molecule has 0 bridgehead atoms. The van der Waals surface area contributed by atoms with E-state index in [0.717, 1.165) is 0 Å². The molecule has 4 nitrogen and oxygen atoms in total. The SMILES string of the molecule is O=C(O)c1ccn2ncc(Cl)c2c1. The number of aromatic carboxylic acids is 1. The quantitative estimate of drug-likeness (QED) is 0.755. The Morgan fingerprint density at radius 3 is 3.08 bits per heavy atom. The summed E-state index contributed by atoms with van der Waals surface area (Å²) >= 11 is 5.77. The second-order valence-corrected chi connectivity index (χ2v) is 2.95. The third-order valence-corrected chi connectivity index (χ3v) is 2.01. The number of halogens is 1. The van der Waals surface area contributed by atoms with Crippen LogP contribution in [0, 0.1) is 0 Å². The highest BCUT2D eigenvalue weighted by Gasteiger charge is 2.06. The highest BCUT2D eigenvalue weighted by Crippen LogP contribution is 2.17. The fraction of sp³-hybridized carbons (Fsp3) is 0. The topological polar surface area (TPSA) is 54.6 Å². The van der Waals surface area contributed by atoms with E-state index in [9.17, 15) is 4.79 Å². The van der Waals surface area contributed by atoms with Crippen molar-refractivity contribution in [1.82, 2.24) is 9.61 Å². The molecule has 0 unspecified atom stereocenters. The van der Waals surface area contributed by atoms with Gasteiger partial charge in [-0.1, -0.05) is 11.6 Å². The maximum absolute atomic E-state index is 10.6. The summed E-state index contributed by atoms with van der Waals surface area (Å²) in [4.78, 5) is 10.6. The zero-order valence-corrected chi connectivity index (χ0v) is 7.19. The fourth-order valence-electron chi connectivity index (χ4n) is 1.08. The molecular formula is C8H5ClN2O2. The number of pyridine rings is 1. The van der Waals surface area contributed by atoms with Gasteiger partial charge in [-0.3, -0.25) is 0 Å². The Morgan fingerprint density at radius 1 is 1.62 bits per heavy atom. The second kappa shape index (κ2) is 2.74. The maximum atomic E-state index is 10.6. The molecule has 0 aliphatic rings. The molecule has 0 aliphatic heterocycles. The van der Waals surface area contributed by atoms with Crippen LogP contribution in [-0.2, 0) is 0 Å². The first-order chi connectivity index (χ1) is 6.18. The molecule has 0 amide bonds. The van der Waals surface area contributed by atoms with E-state index in [4.69, 9.17) is 16.7 Å². The van der Waals surface area contributed by atoms with Crippen molar-refractivity contribution < 1.29 is 9.90 Å². The largest absolute Gasteiger partial charge is 0.478 e. The number of hydrogen-bond donors (Lipinski definition) is 1. The molecule has 13 heavy (non-hydrogen) atoms. The molecule has 0 radical (unpaired) electrons. The number of fused-ring (bicyclic) bond motifs is 1. The highest BCUT2D eigenvalue weighted by atomic mass is 35.5. The minimum absolute atomic E-state index is 0.204. The van der Waals surface area contributed by atoms with E-state index in [1.165, 1.54) is 22.8 Å². The van der Waals surface area contributed by atoms with Gasteiger partial charge in [0.2, 0.25) is 0 Å². The van der Waals surface area contributed by atoms with Crippen molar-refractivity contribution >= 4 is 23.1 Å². The van der Waals surface area contributed by atoms with E-state index in [2.05, 4.69) is 5.10 Å². The van der Waals surface area contributed by atoms with Crippen LogP contribution in [0.3, 0.4) is 0 Å². The predicted molar refractivity (Wildman–Crippen MR) is 47.2 cm³/mol. The molecule has 1 N–H and O–H groups in total. The number of rotatable bonds is 1. The van der Waals surface area contributed by atoms with Crippen LogP contribution in [0.5, 0.6) is 0 Å². The lowest BCUT2D eigenvalue weighted by Crippen LogP contribution is -1.97. The van der Waals surface area contributed by atoms with E-state index in [0.29, 0.717) is 10.5 Å². The van der Waals surface area contributed by atoms with Crippen molar-refractivity contribution in [1.29, 1.82) is 0 Å². The van der Waals surface area contributed by atoms with Crippen molar-refractivity contribution in [3.63, 3.8) is 0 Å². The van der Waals surface area contributed by atoms with Gasteiger partial charge in [-0.15, -0.1) is 0 Å². The van der Waals surface area contributed by atoms with Crippen LogP contribution < -0.4 is 0 Å². The number of carbonyl (C=O) groups is 1. The van der Waals surface area contributed by atoms with Gasteiger partial charge >= 0.3 is 5.97 Å². The summed E-state index contributed by atoms with van der Waals surface area (Å²) in [5, 5.41) is 13.1. The van der Waals surface area contributed by atoms with E-state index in [1.54, 1.807) is 6.20 Å². The van der Waals surface area contributed by atoms with Crippen LogP contribution in [-0.4, -0.2) is 20.7 Å². The lowest BCUT2D eigenvalue weighted by molar-refractivity contribution is 0.0697. The molecule has 0 atom stereocenters. The van der Waals surface area contributed by atoms with E-state index < -0.39 is 5.97 Å². The zero-order valence-electron chi connectivity index (χ0n) is 6.44. The molecule has 0 aliphatic carbocycles. The Kier molecular flexibility index (Phi) is 1.70. The average Bonchev–Trinajstić information content (AvgIpc) is 2.47. The Labute approximate surface area is 78.4 Å². The van der Waals surface area contributed by atoms with Crippen molar-refractivity contribution in [3.8, 4) is 0 Å². The van der Waals surface area contributed by atoms with Crippen LogP contribution >= 0.6 is 11.6 Å². The Morgan fingerprint density at radius 2 is 2.38 bits per heavy atom. The van der Waals surface area contributed by atoms with Gasteiger partial charge in [0.25, 0.3) is 0 Å². The van der Waals surface area contributed by atoms with Gasteiger partial charge in [-0.2, -0.15) is 5.10 Å². The fourth-order valence-corrected chi connectivity index (χ4v) is 1.27. The highest BCUT2D eigenvalue weighted by molar-refractivity contribution is 6.33. The van der Waals surface area contributed by atoms with Gasteiger partial charge in [0.05, 0.1) is 22.3 Å². The van der Waals surface area contributed by atoms with Gasteiger partial charge in [0.1, 0.15) is 0 Å².